The number of hydrogen-bond acceptors (Lipinski definition) is 6. The molecule has 1 aliphatic rings. The van der Waals surface area contributed by atoms with Crippen molar-refractivity contribution < 1.29 is 14.3 Å². The van der Waals surface area contributed by atoms with Gasteiger partial charge in [-0.1, -0.05) is 58.0 Å². The largest absolute Gasteiger partial charge is 0.485 e. The fourth-order valence-electron chi connectivity index (χ4n) is 3.13. The Morgan fingerprint density at radius 2 is 2.00 bits per heavy atom. The summed E-state index contributed by atoms with van der Waals surface area (Å²) in [5.74, 6) is 2.07. The van der Waals surface area contributed by atoms with E-state index in [0.29, 0.717) is 41.2 Å². The van der Waals surface area contributed by atoms with Gasteiger partial charge in [-0.2, -0.15) is 0 Å². The highest BCUT2D eigenvalue weighted by atomic mass is 79.9. The summed E-state index contributed by atoms with van der Waals surface area (Å²) in [4.78, 5) is 12.8. The Labute approximate surface area is 187 Å². The molecule has 0 unspecified atom stereocenters. The van der Waals surface area contributed by atoms with Gasteiger partial charge >= 0.3 is 0 Å². The molecule has 0 fully saturated rings. The number of rotatable bonds is 7. The number of ketones is 1. The van der Waals surface area contributed by atoms with Crippen LogP contribution in [-0.2, 0) is 6.54 Å². The number of carbonyl (C=O) groups excluding carboxylic acids is 1. The number of nitrogens with zero attached hydrogens (tertiary/aromatic N) is 3. The number of halogens is 1. The van der Waals surface area contributed by atoms with Crippen LogP contribution in [0.1, 0.15) is 29.2 Å². The number of Topliss-reactive ketones (excluding diaryl/α,β-unsaturated/α-hetero) is 1. The van der Waals surface area contributed by atoms with Gasteiger partial charge < -0.3 is 9.47 Å². The van der Waals surface area contributed by atoms with E-state index in [0.717, 1.165) is 4.47 Å². The van der Waals surface area contributed by atoms with Crippen molar-refractivity contribution in [2.75, 3.05) is 6.61 Å². The fraction of sp³-hybridized carbons (Fsp3) is 0.227. The summed E-state index contributed by atoms with van der Waals surface area (Å²) >= 11 is 4.76. The van der Waals surface area contributed by atoms with E-state index in [-0.39, 0.29) is 17.1 Å². The molecule has 4 rings (SSSR count). The highest BCUT2D eigenvalue weighted by Gasteiger charge is 2.29. The van der Waals surface area contributed by atoms with Crippen molar-refractivity contribution in [1.29, 1.82) is 0 Å². The van der Waals surface area contributed by atoms with Gasteiger partial charge in [-0.05, 0) is 31.2 Å². The molecule has 2 aromatic carbocycles. The van der Waals surface area contributed by atoms with E-state index >= 15 is 0 Å². The number of para-hydroxylation sites is 2. The van der Waals surface area contributed by atoms with Crippen LogP contribution in [0.4, 0.5) is 0 Å². The number of ether oxygens (including phenoxy) is 2. The Bertz CT molecular complexity index is 1070. The van der Waals surface area contributed by atoms with Crippen LogP contribution < -0.4 is 9.47 Å². The number of carbonyl (C=O) groups is 1. The number of fused-ring (bicyclic) bond motifs is 1. The van der Waals surface area contributed by atoms with Crippen LogP contribution in [0.5, 0.6) is 11.5 Å². The lowest BCUT2D eigenvalue weighted by molar-refractivity contribution is 0.0821. The van der Waals surface area contributed by atoms with Gasteiger partial charge in [0.2, 0.25) is 0 Å². The monoisotopic (exact) mass is 485 g/mol. The van der Waals surface area contributed by atoms with Gasteiger partial charge in [0, 0.05) is 16.6 Å². The van der Waals surface area contributed by atoms with Gasteiger partial charge in [0.15, 0.2) is 34.4 Å². The highest BCUT2D eigenvalue weighted by molar-refractivity contribution is 9.10. The van der Waals surface area contributed by atoms with Gasteiger partial charge in [0.25, 0.3) is 0 Å². The van der Waals surface area contributed by atoms with E-state index in [4.69, 9.17) is 9.47 Å². The van der Waals surface area contributed by atoms with Crippen LogP contribution in [0, 0.1) is 0 Å². The van der Waals surface area contributed by atoms with Crippen molar-refractivity contribution >= 4 is 33.5 Å². The Balaban J connectivity index is 1.55. The molecule has 2 heterocycles. The predicted octanol–water partition coefficient (Wildman–Crippen LogP) is 5.10. The van der Waals surface area contributed by atoms with Crippen molar-refractivity contribution in [2.24, 2.45) is 0 Å². The van der Waals surface area contributed by atoms with Gasteiger partial charge in [-0.15, -0.1) is 16.8 Å². The Kier molecular flexibility index (Phi) is 6.24. The molecule has 154 valence electrons. The summed E-state index contributed by atoms with van der Waals surface area (Å²) in [5, 5.41) is 9.00. The fourth-order valence-corrected chi connectivity index (χ4v) is 4.34. The summed E-state index contributed by atoms with van der Waals surface area (Å²) in [5.41, 5.74) is 0.661. The second-order valence-electron chi connectivity index (χ2n) is 6.74. The maximum Gasteiger partial charge on any atom is 0.192 e. The lowest BCUT2D eigenvalue weighted by atomic mass is 10.1. The zero-order valence-corrected chi connectivity index (χ0v) is 18.7. The van der Waals surface area contributed by atoms with Gasteiger partial charge in [0.05, 0.1) is 5.25 Å². The summed E-state index contributed by atoms with van der Waals surface area (Å²) in [6.45, 7) is 6.56. The molecular formula is C22H20BrN3O3S. The molecule has 0 radical (unpaired) electrons. The number of allylic oxidation sites excluding steroid dienone is 1. The number of thioether (sulfide) groups is 1. The minimum atomic E-state index is -0.390. The van der Waals surface area contributed by atoms with Crippen LogP contribution in [0.15, 0.2) is 70.8 Å². The lowest BCUT2D eigenvalue weighted by Crippen LogP contribution is -2.25. The Morgan fingerprint density at radius 3 is 2.73 bits per heavy atom. The maximum absolute atomic E-state index is 12.8. The molecular weight excluding hydrogens is 466 g/mol. The van der Waals surface area contributed by atoms with Crippen LogP contribution in [0.2, 0.25) is 0 Å². The van der Waals surface area contributed by atoms with Crippen LogP contribution >= 0.6 is 27.7 Å². The molecule has 0 saturated carbocycles. The minimum absolute atomic E-state index is 0.0355. The Morgan fingerprint density at radius 1 is 1.27 bits per heavy atom. The molecule has 0 spiro atoms. The van der Waals surface area contributed by atoms with Gasteiger partial charge in [-0.25, -0.2) is 0 Å². The van der Waals surface area contributed by atoms with Crippen molar-refractivity contribution in [1.82, 2.24) is 14.8 Å². The standard InChI is InChI=1S/C22H20BrN3O3S/c1-3-12-26-21(19-13-28-17-6-4-5-7-18(17)29-19)24-25-22(26)30-14(2)20(27)15-8-10-16(23)11-9-15/h3-11,14,19H,1,12-13H2,2H3/t14-,19+/m0/s1. The number of hydrogen-bond donors (Lipinski definition) is 0. The summed E-state index contributed by atoms with van der Waals surface area (Å²) in [6.07, 6.45) is 1.38. The second kappa shape index (κ2) is 9.06. The van der Waals surface area contributed by atoms with Crippen molar-refractivity contribution in [2.45, 2.75) is 30.0 Å². The average molecular weight is 486 g/mol. The third-order valence-electron chi connectivity index (χ3n) is 4.63. The van der Waals surface area contributed by atoms with Crippen LogP contribution in [0.25, 0.3) is 0 Å². The number of aromatic nitrogens is 3. The van der Waals surface area contributed by atoms with Crippen molar-refractivity contribution in [3.05, 3.63) is 77.0 Å². The topological polar surface area (TPSA) is 66.2 Å². The molecule has 1 aromatic heterocycles. The molecule has 0 saturated heterocycles. The molecule has 0 aliphatic carbocycles. The molecule has 0 N–H and O–H groups in total. The summed E-state index contributed by atoms with van der Waals surface area (Å²) in [7, 11) is 0. The molecule has 3 aromatic rings. The van der Waals surface area contributed by atoms with E-state index in [2.05, 4.69) is 32.7 Å². The predicted molar refractivity (Wildman–Crippen MR) is 119 cm³/mol. The van der Waals surface area contributed by atoms with E-state index < -0.39 is 0 Å². The minimum Gasteiger partial charge on any atom is -0.485 e. The molecule has 30 heavy (non-hydrogen) atoms. The molecule has 8 heteroatoms. The first kappa shape index (κ1) is 20.7. The van der Waals surface area contributed by atoms with Crippen LogP contribution in [-0.4, -0.2) is 32.4 Å². The van der Waals surface area contributed by atoms with Gasteiger partial charge in [0.1, 0.15) is 6.61 Å². The highest BCUT2D eigenvalue weighted by Crippen LogP contribution is 2.36. The molecule has 0 amide bonds. The lowest BCUT2D eigenvalue weighted by Gasteiger charge is -2.26. The first-order valence-corrected chi connectivity index (χ1v) is 11.1. The third-order valence-corrected chi connectivity index (χ3v) is 6.24. The normalized spacial score (nSPS) is 16.1. The third kappa shape index (κ3) is 4.29. The quantitative estimate of drug-likeness (QED) is 0.263. The van der Waals surface area contributed by atoms with E-state index in [1.807, 2.05) is 60.0 Å². The average Bonchev–Trinajstić information content (AvgIpc) is 3.16. The van der Waals surface area contributed by atoms with Crippen molar-refractivity contribution in [3.63, 3.8) is 0 Å². The second-order valence-corrected chi connectivity index (χ2v) is 8.96. The Hall–Kier alpha value is -2.58. The summed E-state index contributed by atoms with van der Waals surface area (Å²) in [6, 6.07) is 14.9. The first-order valence-electron chi connectivity index (χ1n) is 9.45. The van der Waals surface area contributed by atoms with E-state index in [1.54, 1.807) is 6.08 Å². The zero-order valence-electron chi connectivity index (χ0n) is 16.3. The first-order chi connectivity index (χ1) is 14.6. The maximum atomic E-state index is 12.8. The molecule has 2 atom stereocenters. The van der Waals surface area contributed by atoms with Gasteiger partial charge in [-0.3, -0.25) is 9.36 Å². The van der Waals surface area contributed by atoms with E-state index in [1.165, 1.54) is 11.8 Å². The molecule has 6 nitrogen and oxygen atoms in total. The zero-order chi connectivity index (χ0) is 21.1. The van der Waals surface area contributed by atoms with E-state index in [9.17, 15) is 4.79 Å². The SMILES string of the molecule is C=CCn1c(S[C@@H](C)C(=O)c2ccc(Br)cc2)nnc1[C@H]1COc2ccccc2O1. The smallest absolute Gasteiger partial charge is 0.192 e. The van der Waals surface area contributed by atoms with Crippen molar-refractivity contribution in [3.8, 4) is 11.5 Å². The summed E-state index contributed by atoms with van der Waals surface area (Å²) < 4.78 is 14.8. The number of benzene rings is 2. The van der Waals surface area contributed by atoms with Crippen LogP contribution in [0.3, 0.4) is 0 Å². The molecule has 1 aliphatic heterocycles. The molecule has 0 bridgehead atoms.